The largest absolute Gasteiger partial charge is 0.444 e. The summed E-state index contributed by atoms with van der Waals surface area (Å²) in [5, 5.41) is 0.687. The van der Waals surface area contributed by atoms with Crippen molar-refractivity contribution in [2.24, 2.45) is 10.7 Å². The number of aliphatic imine (C=N–C) groups is 1. The van der Waals surface area contributed by atoms with Gasteiger partial charge >= 0.3 is 6.09 Å². The number of nitrogens with zero attached hydrogens (tertiary/aromatic N) is 3. The minimum atomic E-state index is -0.480. The predicted octanol–water partition coefficient (Wildman–Crippen LogP) is 3.33. The molecule has 0 radical (unpaired) electrons. The van der Waals surface area contributed by atoms with Crippen LogP contribution in [0.1, 0.15) is 26.3 Å². The molecule has 6 nitrogen and oxygen atoms in total. The summed E-state index contributed by atoms with van der Waals surface area (Å²) >= 11 is 5.96. The molecule has 0 aliphatic carbocycles. The maximum Gasteiger partial charge on any atom is 0.410 e. The summed E-state index contributed by atoms with van der Waals surface area (Å²) in [6.07, 6.45) is -0.281. The molecule has 1 aromatic rings. The van der Waals surface area contributed by atoms with Crippen LogP contribution in [0.3, 0.4) is 0 Å². The lowest BCUT2D eigenvalue weighted by Gasteiger charge is -2.36. The quantitative estimate of drug-likeness (QED) is 0.400. The van der Waals surface area contributed by atoms with Gasteiger partial charge in [0.15, 0.2) is 5.96 Å². The SMILES string of the molecule is CC(C)(C)OC(=O)N1CCN(C(N)=NCc2cccc(Cl)c2)CC1.I. The van der Waals surface area contributed by atoms with E-state index in [-0.39, 0.29) is 30.1 Å². The fourth-order valence-corrected chi connectivity index (χ4v) is 2.57. The number of halogens is 2. The molecule has 0 aromatic heterocycles. The van der Waals surface area contributed by atoms with Crippen LogP contribution in [0.25, 0.3) is 0 Å². The van der Waals surface area contributed by atoms with Gasteiger partial charge < -0.3 is 20.3 Å². The number of piperazine rings is 1. The maximum atomic E-state index is 12.0. The van der Waals surface area contributed by atoms with Crippen LogP contribution in [0.4, 0.5) is 4.79 Å². The molecule has 0 spiro atoms. The van der Waals surface area contributed by atoms with Crippen LogP contribution in [-0.2, 0) is 11.3 Å². The lowest BCUT2D eigenvalue weighted by Crippen LogP contribution is -2.53. The molecular weight excluding hydrogens is 455 g/mol. The molecule has 0 unspecified atom stereocenters. The normalized spacial score (nSPS) is 15.6. The van der Waals surface area contributed by atoms with Crippen molar-refractivity contribution in [1.82, 2.24) is 9.80 Å². The molecule has 25 heavy (non-hydrogen) atoms. The Morgan fingerprint density at radius 2 is 1.84 bits per heavy atom. The number of amides is 1. The molecule has 2 rings (SSSR count). The van der Waals surface area contributed by atoms with E-state index in [2.05, 4.69) is 4.99 Å². The van der Waals surface area contributed by atoms with Crippen molar-refractivity contribution in [3.05, 3.63) is 34.9 Å². The summed E-state index contributed by atoms with van der Waals surface area (Å²) in [5.74, 6) is 0.485. The van der Waals surface area contributed by atoms with Gasteiger partial charge in [-0.1, -0.05) is 23.7 Å². The summed E-state index contributed by atoms with van der Waals surface area (Å²) in [4.78, 5) is 20.1. The Bertz CT molecular complexity index is 611. The highest BCUT2D eigenvalue weighted by atomic mass is 127. The summed E-state index contributed by atoms with van der Waals surface area (Å²) in [6, 6.07) is 7.55. The Balaban J connectivity index is 0.00000312. The van der Waals surface area contributed by atoms with Gasteiger partial charge in [0, 0.05) is 31.2 Å². The Morgan fingerprint density at radius 3 is 2.40 bits per heavy atom. The van der Waals surface area contributed by atoms with Crippen molar-refractivity contribution < 1.29 is 9.53 Å². The third kappa shape index (κ3) is 7.27. The Morgan fingerprint density at radius 1 is 1.24 bits per heavy atom. The number of nitrogens with two attached hydrogens (primary N) is 1. The van der Waals surface area contributed by atoms with Gasteiger partial charge in [0.1, 0.15) is 5.60 Å². The molecule has 140 valence electrons. The molecule has 8 heteroatoms. The first-order chi connectivity index (χ1) is 11.2. The molecule has 1 amide bonds. The van der Waals surface area contributed by atoms with Gasteiger partial charge in [0.25, 0.3) is 0 Å². The van der Waals surface area contributed by atoms with E-state index in [9.17, 15) is 4.79 Å². The van der Waals surface area contributed by atoms with E-state index < -0.39 is 5.60 Å². The molecule has 1 aliphatic heterocycles. The van der Waals surface area contributed by atoms with Crippen molar-refractivity contribution >= 4 is 47.6 Å². The third-order valence-electron chi connectivity index (χ3n) is 3.57. The molecule has 0 atom stereocenters. The first-order valence-electron chi connectivity index (χ1n) is 8.02. The summed E-state index contributed by atoms with van der Waals surface area (Å²) < 4.78 is 5.38. The Hall–Kier alpha value is -1.22. The van der Waals surface area contributed by atoms with Crippen LogP contribution in [-0.4, -0.2) is 53.6 Å². The van der Waals surface area contributed by atoms with E-state index in [1.165, 1.54) is 0 Å². The van der Waals surface area contributed by atoms with Crippen LogP contribution in [0, 0.1) is 0 Å². The van der Waals surface area contributed by atoms with Crippen LogP contribution >= 0.6 is 35.6 Å². The highest BCUT2D eigenvalue weighted by Crippen LogP contribution is 2.13. The number of hydrogen-bond donors (Lipinski definition) is 1. The van der Waals surface area contributed by atoms with Crippen molar-refractivity contribution in [3.8, 4) is 0 Å². The van der Waals surface area contributed by atoms with Gasteiger partial charge in [-0.25, -0.2) is 9.79 Å². The molecule has 1 saturated heterocycles. The van der Waals surface area contributed by atoms with Crippen molar-refractivity contribution in [2.75, 3.05) is 26.2 Å². The van der Waals surface area contributed by atoms with E-state index >= 15 is 0 Å². The van der Waals surface area contributed by atoms with E-state index in [0.29, 0.717) is 43.7 Å². The summed E-state index contributed by atoms with van der Waals surface area (Å²) in [7, 11) is 0. The lowest BCUT2D eigenvalue weighted by atomic mass is 10.2. The second-order valence-corrected chi connectivity index (χ2v) is 7.20. The molecule has 1 aliphatic rings. The molecule has 0 bridgehead atoms. The van der Waals surface area contributed by atoms with Crippen LogP contribution in [0.5, 0.6) is 0 Å². The van der Waals surface area contributed by atoms with E-state index in [4.69, 9.17) is 22.1 Å². The fourth-order valence-electron chi connectivity index (χ4n) is 2.35. The average molecular weight is 481 g/mol. The van der Waals surface area contributed by atoms with Gasteiger partial charge in [-0.15, -0.1) is 24.0 Å². The van der Waals surface area contributed by atoms with E-state index in [0.717, 1.165) is 5.56 Å². The van der Waals surface area contributed by atoms with Crippen molar-refractivity contribution in [3.63, 3.8) is 0 Å². The smallest absolute Gasteiger partial charge is 0.410 e. The van der Waals surface area contributed by atoms with Gasteiger partial charge in [0.05, 0.1) is 6.54 Å². The van der Waals surface area contributed by atoms with Gasteiger partial charge in [-0.2, -0.15) is 0 Å². The number of hydrogen-bond acceptors (Lipinski definition) is 3. The molecule has 1 heterocycles. The fraction of sp³-hybridized carbons (Fsp3) is 0.529. The minimum absolute atomic E-state index is 0. The summed E-state index contributed by atoms with van der Waals surface area (Å²) in [6.45, 7) is 8.50. The number of ether oxygens (including phenoxy) is 1. The lowest BCUT2D eigenvalue weighted by molar-refractivity contribution is 0.0186. The van der Waals surface area contributed by atoms with E-state index in [1.807, 2.05) is 49.9 Å². The number of benzene rings is 1. The number of rotatable bonds is 2. The Labute approximate surface area is 171 Å². The molecule has 0 saturated carbocycles. The van der Waals surface area contributed by atoms with Gasteiger partial charge in [-0.3, -0.25) is 0 Å². The topological polar surface area (TPSA) is 71.2 Å². The molecule has 2 N–H and O–H groups in total. The van der Waals surface area contributed by atoms with Crippen LogP contribution in [0.15, 0.2) is 29.3 Å². The third-order valence-corrected chi connectivity index (χ3v) is 3.80. The standard InChI is InChI=1S/C17H25ClN4O2.HI/c1-17(2,3)24-16(23)22-9-7-21(8-10-22)15(19)20-12-13-5-4-6-14(18)11-13;/h4-6,11H,7-10,12H2,1-3H3,(H2,19,20);1H. The second-order valence-electron chi connectivity index (χ2n) is 6.76. The Kier molecular flexibility index (Phi) is 8.27. The first kappa shape index (κ1) is 21.8. The molecule has 1 fully saturated rings. The zero-order valence-electron chi connectivity index (χ0n) is 14.9. The molecular formula is C17H26ClIN4O2. The first-order valence-corrected chi connectivity index (χ1v) is 8.39. The van der Waals surface area contributed by atoms with E-state index in [1.54, 1.807) is 4.90 Å². The highest BCUT2D eigenvalue weighted by molar-refractivity contribution is 14.0. The number of carbonyl (C=O) groups is 1. The van der Waals surface area contributed by atoms with Crippen LogP contribution in [0.2, 0.25) is 5.02 Å². The van der Waals surface area contributed by atoms with Gasteiger partial charge in [-0.05, 0) is 38.5 Å². The van der Waals surface area contributed by atoms with Gasteiger partial charge in [0.2, 0.25) is 0 Å². The molecule has 1 aromatic carbocycles. The zero-order valence-corrected chi connectivity index (χ0v) is 18.0. The number of guanidine groups is 1. The predicted molar refractivity (Wildman–Crippen MR) is 112 cm³/mol. The maximum absolute atomic E-state index is 12.0. The second kappa shape index (κ2) is 9.47. The highest BCUT2D eigenvalue weighted by Gasteiger charge is 2.26. The zero-order chi connectivity index (χ0) is 17.7. The van der Waals surface area contributed by atoms with Crippen LogP contribution < -0.4 is 5.73 Å². The number of carbonyl (C=O) groups excluding carboxylic acids is 1. The minimum Gasteiger partial charge on any atom is -0.444 e. The monoisotopic (exact) mass is 480 g/mol. The van der Waals surface area contributed by atoms with Crippen molar-refractivity contribution in [1.29, 1.82) is 0 Å². The average Bonchev–Trinajstić information content (AvgIpc) is 2.51. The van der Waals surface area contributed by atoms with Crippen molar-refractivity contribution in [2.45, 2.75) is 32.9 Å². The summed E-state index contributed by atoms with van der Waals surface area (Å²) in [5.41, 5.74) is 6.60.